The van der Waals surface area contributed by atoms with Crippen LogP contribution in [0.25, 0.3) is 0 Å². The second kappa shape index (κ2) is 5.14. The molecule has 0 aliphatic heterocycles. The number of aromatic nitrogens is 1. The molecule has 0 aliphatic rings. The first kappa shape index (κ1) is 12.5. The molecule has 1 heterocycles. The van der Waals surface area contributed by atoms with Gasteiger partial charge in [-0.05, 0) is 24.3 Å². The number of halogens is 2. The van der Waals surface area contributed by atoms with Gasteiger partial charge < -0.3 is 9.84 Å². The molecule has 18 heavy (non-hydrogen) atoms. The molecule has 4 nitrogen and oxygen atoms in total. The molecule has 0 bridgehead atoms. The van der Waals surface area contributed by atoms with Gasteiger partial charge in [-0.15, -0.1) is 0 Å². The van der Waals surface area contributed by atoms with E-state index in [0.717, 1.165) is 0 Å². The van der Waals surface area contributed by atoms with Crippen molar-refractivity contribution < 1.29 is 19.0 Å². The molecule has 92 valence electrons. The second-order valence-corrected chi connectivity index (χ2v) is 4.27. The molecular formula is C12H7BrFNO3. The fraction of sp³-hybridized carbons (Fsp3) is 0. The molecule has 2 aromatic rings. The predicted octanol–water partition coefficient (Wildman–Crippen LogP) is 3.47. The smallest absolute Gasteiger partial charge is 0.354 e. The Labute approximate surface area is 110 Å². The lowest BCUT2D eigenvalue weighted by Gasteiger charge is -2.07. The maximum atomic E-state index is 13.4. The van der Waals surface area contributed by atoms with Crippen molar-refractivity contribution in [1.29, 1.82) is 0 Å². The Bertz CT molecular complexity index is 604. The SMILES string of the molecule is O=C(O)c1cc(Oc2cc(Br)ccc2F)ccn1. The van der Waals surface area contributed by atoms with E-state index >= 15 is 0 Å². The molecule has 0 saturated carbocycles. The van der Waals surface area contributed by atoms with Crippen molar-refractivity contribution in [3.05, 3.63) is 52.5 Å². The van der Waals surface area contributed by atoms with Crippen LogP contribution in [0.4, 0.5) is 4.39 Å². The Kier molecular flexibility index (Phi) is 3.57. The summed E-state index contributed by atoms with van der Waals surface area (Å²) in [7, 11) is 0. The van der Waals surface area contributed by atoms with Gasteiger partial charge in [-0.25, -0.2) is 14.2 Å². The number of hydrogen-bond acceptors (Lipinski definition) is 3. The third kappa shape index (κ3) is 2.84. The number of rotatable bonds is 3. The van der Waals surface area contributed by atoms with Crippen LogP contribution in [0.3, 0.4) is 0 Å². The van der Waals surface area contributed by atoms with Crippen LogP contribution in [0.15, 0.2) is 41.0 Å². The number of carboxylic acid groups (broad SMARTS) is 1. The van der Waals surface area contributed by atoms with Crippen molar-refractivity contribution in [2.45, 2.75) is 0 Å². The highest BCUT2D eigenvalue weighted by atomic mass is 79.9. The largest absolute Gasteiger partial charge is 0.477 e. The third-order valence-corrected chi connectivity index (χ3v) is 2.56. The van der Waals surface area contributed by atoms with Crippen molar-refractivity contribution in [2.24, 2.45) is 0 Å². The van der Waals surface area contributed by atoms with Crippen LogP contribution >= 0.6 is 15.9 Å². The molecule has 6 heteroatoms. The molecule has 0 spiro atoms. The molecule has 2 rings (SSSR count). The van der Waals surface area contributed by atoms with Crippen LogP contribution in [0, 0.1) is 5.82 Å². The lowest BCUT2D eigenvalue weighted by Crippen LogP contribution is -2.00. The first-order valence-corrected chi connectivity index (χ1v) is 5.68. The number of carbonyl (C=O) groups is 1. The minimum atomic E-state index is -1.17. The molecular weight excluding hydrogens is 305 g/mol. The predicted molar refractivity (Wildman–Crippen MR) is 65.4 cm³/mol. The van der Waals surface area contributed by atoms with Gasteiger partial charge in [0.1, 0.15) is 5.75 Å². The van der Waals surface area contributed by atoms with Gasteiger partial charge in [0.2, 0.25) is 0 Å². The van der Waals surface area contributed by atoms with E-state index in [1.165, 1.54) is 36.5 Å². The van der Waals surface area contributed by atoms with Crippen molar-refractivity contribution in [2.75, 3.05) is 0 Å². The van der Waals surface area contributed by atoms with Crippen molar-refractivity contribution in [1.82, 2.24) is 4.98 Å². The molecule has 0 aliphatic carbocycles. The molecule has 1 aromatic carbocycles. The lowest BCUT2D eigenvalue weighted by atomic mass is 10.3. The topological polar surface area (TPSA) is 59.4 Å². The summed E-state index contributed by atoms with van der Waals surface area (Å²) >= 11 is 3.19. The Hall–Kier alpha value is -1.95. The Morgan fingerprint density at radius 3 is 2.83 bits per heavy atom. The average molecular weight is 312 g/mol. The number of carboxylic acids is 1. The summed E-state index contributed by atoms with van der Waals surface area (Å²) in [4.78, 5) is 14.4. The van der Waals surface area contributed by atoms with E-state index in [9.17, 15) is 9.18 Å². The number of aromatic carboxylic acids is 1. The standard InChI is InChI=1S/C12H7BrFNO3/c13-7-1-2-9(14)11(5-7)18-8-3-4-15-10(6-8)12(16)17/h1-6H,(H,16,17). The number of hydrogen-bond donors (Lipinski definition) is 1. The van der Waals surface area contributed by atoms with E-state index in [2.05, 4.69) is 20.9 Å². The average Bonchev–Trinajstić information content (AvgIpc) is 2.34. The van der Waals surface area contributed by atoms with E-state index < -0.39 is 11.8 Å². The van der Waals surface area contributed by atoms with Crippen molar-refractivity contribution in [3.63, 3.8) is 0 Å². The van der Waals surface area contributed by atoms with Crippen LogP contribution in [-0.2, 0) is 0 Å². The van der Waals surface area contributed by atoms with E-state index in [4.69, 9.17) is 9.84 Å². The highest BCUT2D eigenvalue weighted by molar-refractivity contribution is 9.10. The van der Waals surface area contributed by atoms with E-state index in [1.54, 1.807) is 0 Å². The highest BCUT2D eigenvalue weighted by Crippen LogP contribution is 2.27. The minimum Gasteiger partial charge on any atom is -0.477 e. The zero-order valence-corrected chi connectivity index (χ0v) is 10.5. The summed E-state index contributed by atoms with van der Waals surface area (Å²) in [6.45, 7) is 0. The van der Waals surface area contributed by atoms with Gasteiger partial charge in [0.25, 0.3) is 0 Å². The van der Waals surface area contributed by atoms with Crippen LogP contribution in [0.1, 0.15) is 10.5 Å². The number of pyridine rings is 1. The fourth-order valence-electron chi connectivity index (χ4n) is 1.27. The first-order valence-electron chi connectivity index (χ1n) is 4.88. The van der Waals surface area contributed by atoms with E-state index in [1.807, 2.05) is 0 Å². The number of nitrogens with zero attached hydrogens (tertiary/aromatic N) is 1. The van der Waals surface area contributed by atoms with Gasteiger partial charge in [-0.3, -0.25) is 0 Å². The Balaban J connectivity index is 2.31. The fourth-order valence-corrected chi connectivity index (χ4v) is 1.61. The minimum absolute atomic E-state index is 0.00640. The Morgan fingerprint density at radius 1 is 1.33 bits per heavy atom. The van der Waals surface area contributed by atoms with Gasteiger partial charge in [-0.2, -0.15) is 0 Å². The van der Waals surface area contributed by atoms with Gasteiger partial charge in [0.05, 0.1) is 0 Å². The maximum absolute atomic E-state index is 13.4. The van der Waals surface area contributed by atoms with Crippen LogP contribution in [-0.4, -0.2) is 16.1 Å². The van der Waals surface area contributed by atoms with Crippen molar-refractivity contribution in [3.8, 4) is 11.5 Å². The molecule has 0 radical (unpaired) electrons. The first-order chi connectivity index (χ1) is 8.56. The quantitative estimate of drug-likeness (QED) is 0.943. The molecule has 1 aromatic heterocycles. The lowest BCUT2D eigenvalue weighted by molar-refractivity contribution is 0.0690. The van der Waals surface area contributed by atoms with Crippen LogP contribution < -0.4 is 4.74 Å². The Morgan fingerprint density at radius 2 is 2.11 bits per heavy atom. The third-order valence-electron chi connectivity index (χ3n) is 2.07. The van der Waals surface area contributed by atoms with E-state index in [-0.39, 0.29) is 17.2 Å². The summed E-state index contributed by atoms with van der Waals surface area (Å²) in [6, 6.07) is 6.92. The summed E-state index contributed by atoms with van der Waals surface area (Å²) in [5.74, 6) is -1.49. The molecule has 0 unspecified atom stereocenters. The maximum Gasteiger partial charge on any atom is 0.354 e. The van der Waals surface area contributed by atoms with Crippen LogP contribution in [0.5, 0.6) is 11.5 Å². The van der Waals surface area contributed by atoms with Crippen molar-refractivity contribution >= 4 is 21.9 Å². The van der Waals surface area contributed by atoms with Gasteiger partial charge in [0.15, 0.2) is 17.3 Å². The zero-order chi connectivity index (χ0) is 13.1. The molecule has 0 fully saturated rings. The van der Waals surface area contributed by atoms with Gasteiger partial charge in [-0.1, -0.05) is 15.9 Å². The van der Waals surface area contributed by atoms with E-state index in [0.29, 0.717) is 4.47 Å². The number of benzene rings is 1. The van der Waals surface area contributed by atoms with Gasteiger partial charge in [0, 0.05) is 16.7 Å². The zero-order valence-electron chi connectivity index (χ0n) is 8.93. The molecule has 0 amide bonds. The summed E-state index contributed by atoms with van der Waals surface area (Å²) in [6.07, 6.45) is 1.29. The summed E-state index contributed by atoms with van der Waals surface area (Å²) in [5.41, 5.74) is -0.164. The molecule has 0 atom stereocenters. The monoisotopic (exact) mass is 311 g/mol. The van der Waals surface area contributed by atoms with Gasteiger partial charge >= 0.3 is 5.97 Å². The highest BCUT2D eigenvalue weighted by Gasteiger charge is 2.09. The van der Waals surface area contributed by atoms with Crippen LogP contribution in [0.2, 0.25) is 0 Å². The molecule has 0 saturated heterocycles. The summed E-state index contributed by atoms with van der Waals surface area (Å²) < 4.78 is 19.4. The summed E-state index contributed by atoms with van der Waals surface area (Å²) in [5, 5.41) is 8.77. The number of ether oxygens (including phenoxy) is 1. The second-order valence-electron chi connectivity index (χ2n) is 3.36. The molecule has 1 N–H and O–H groups in total. The normalized spacial score (nSPS) is 10.1.